The molecule has 2 aliphatic rings. The van der Waals surface area contributed by atoms with Crippen molar-refractivity contribution in [3.63, 3.8) is 0 Å². The van der Waals surface area contributed by atoms with Crippen molar-refractivity contribution in [1.29, 1.82) is 0 Å². The topological polar surface area (TPSA) is 73.4 Å². The number of ether oxygens (including phenoxy) is 4. The first kappa shape index (κ1) is 27.8. The van der Waals surface area contributed by atoms with E-state index in [0.717, 1.165) is 76.0 Å². The fraction of sp³-hybridized carbons (Fsp3) is 0.438. The minimum Gasteiger partial charge on any atom is -0.493 e. The fourth-order valence-corrected chi connectivity index (χ4v) is 5.41. The molecule has 0 spiro atoms. The molecular weight excluding hydrogens is 506 g/mol. The summed E-state index contributed by atoms with van der Waals surface area (Å²) in [6.45, 7) is 3.87. The third-order valence-electron chi connectivity index (χ3n) is 7.63. The summed E-state index contributed by atoms with van der Waals surface area (Å²) >= 11 is 0. The van der Waals surface area contributed by atoms with Gasteiger partial charge in [0.15, 0.2) is 29.6 Å². The molecular formula is C32H39N3O5. The van der Waals surface area contributed by atoms with E-state index in [9.17, 15) is 4.79 Å². The number of piperidine rings is 1. The van der Waals surface area contributed by atoms with Crippen molar-refractivity contribution < 1.29 is 23.7 Å². The molecule has 3 heterocycles. The fourth-order valence-electron chi connectivity index (χ4n) is 5.41. The van der Waals surface area contributed by atoms with Crippen LogP contribution in [0.5, 0.6) is 28.9 Å². The molecule has 40 heavy (non-hydrogen) atoms. The van der Waals surface area contributed by atoms with Gasteiger partial charge in [-0.3, -0.25) is 9.69 Å². The molecule has 8 nitrogen and oxygen atoms in total. The molecule has 5 rings (SSSR count). The van der Waals surface area contributed by atoms with E-state index in [0.29, 0.717) is 35.8 Å². The van der Waals surface area contributed by atoms with Crippen molar-refractivity contribution in [2.45, 2.75) is 51.1 Å². The van der Waals surface area contributed by atoms with Crippen LogP contribution in [0.3, 0.4) is 0 Å². The van der Waals surface area contributed by atoms with Crippen molar-refractivity contribution in [2.75, 3.05) is 40.0 Å². The Morgan fingerprint density at radius 1 is 0.900 bits per heavy atom. The van der Waals surface area contributed by atoms with Gasteiger partial charge in [0.25, 0.3) is 5.91 Å². The lowest BCUT2D eigenvalue weighted by molar-refractivity contribution is -0.135. The number of aromatic nitrogens is 1. The van der Waals surface area contributed by atoms with Crippen LogP contribution in [0.15, 0.2) is 66.9 Å². The van der Waals surface area contributed by atoms with E-state index in [2.05, 4.69) is 16.0 Å². The lowest BCUT2D eigenvalue weighted by Crippen LogP contribution is -2.48. The molecule has 0 saturated carbocycles. The summed E-state index contributed by atoms with van der Waals surface area (Å²) in [5, 5.41) is 0. The van der Waals surface area contributed by atoms with Gasteiger partial charge in [-0.25, -0.2) is 4.98 Å². The highest BCUT2D eigenvalue weighted by Crippen LogP contribution is 2.33. The second kappa shape index (κ2) is 14.0. The zero-order valence-electron chi connectivity index (χ0n) is 23.3. The predicted molar refractivity (Wildman–Crippen MR) is 153 cm³/mol. The summed E-state index contributed by atoms with van der Waals surface area (Å²) < 4.78 is 23.5. The van der Waals surface area contributed by atoms with E-state index >= 15 is 0 Å². The van der Waals surface area contributed by atoms with Crippen LogP contribution in [0.2, 0.25) is 0 Å². The van der Waals surface area contributed by atoms with E-state index < -0.39 is 0 Å². The number of nitrogens with zero attached hydrogens (tertiary/aromatic N) is 3. The van der Waals surface area contributed by atoms with Gasteiger partial charge in [0.05, 0.1) is 13.7 Å². The summed E-state index contributed by atoms with van der Waals surface area (Å²) in [6.07, 6.45) is 8.05. The zero-order chi connectivity index (χ0) is 27.6. The third kappa shape index (κ3) is 7.24. The molecule has 212 valence electrons. The molecule has 3 aromatic rings. The molecule has 2 aromatic carbocycles. The number of hydrogen-bond acceptors (Lipinski definition) is 7. The Labute approximate surface area is 236 Å². The molecule has 0 atom stereocenters. The molecule has 2 aliphatic heterocycles. The number of likely N-dealkylation sites (tertiary alicyclic amines) is 1. The van der Waals surface area contributed by atoms with E-state index in [1.165, 1.54) is 0 Å². The quantitative estimate of drug-likeness (QED) is 0.407. The molecule has 1 amide bonds. The molecule has 1 aromatic heterocycles. The monoisotopic (exact) mass is 545 g/mol. The Morgan fingerprint density at radius 2 is 1.65 bits per heavy atom. The first-order valence-electron chi connectivity index (χ1n) is 14.3. The van der Waals surface area contributed by atoms with Crippen molar-refractivity contribution >= 4 is 5.91 Å². The molecule has 0 aliphatic carbocycles. The van der Waals surface area contributed by atoms with Crippen LogP contribution in [0, 0.1) is 0 Å². The van der Waals surface area contributed by atoms with E-state index in [1.807, 2.05) is 59.5 Å². The number of methoxy groups -OCH3 is 1. The van der Waals surface area contributed by atoms with Crippen molar-refractivity contribution in [3.05, 3.63) is 72.4 Å². The van der Waals surface area contributed by atoms with Crippen LogP contribution >= 0.6 is 0 Å². The Morgan fingerprint density at radius 3 is 2.48 bits per heavy atom. The van der Waals surface area contributed by atoms with Crippen LogP contribution in [0.4, 0.5) is 0 Å². The Bertz CT molecular complexity index is 1240. The lowest BCUT2D eigenvalue weighted by Gasteiger charge is -2.39. The second-order valence-electron chi connectivity index (χ2n) is 10.3. The van der Waals surface area contributed by atoms with E-state index in [4.69, 9.17) is 18.9 Å². The smallest absolute Gasteiger partial charge is 0.260 e. The highest BCUT2D eigenvalue weighted by molar-refractivity contribution is 5.78. The van der Waals surface area contributed by atoms with Crippen molar-refractivity contribution in [1.82, 2.24) is 14.8 Å². The highest BCUT2D eigenvalue weighted by Gasteiger charge is 2.28. The molecule has 0 radical (unpaired) electrons. The van der Waals surface area contributed by atoms with Crippen LogP contribution < -0.4 is 18.9 Å². The molecule has 8 heteroatoms. The van der Waals surface area contributed by atoms with Crippen LogP contribution in [-0.2, 0) is 11.3 Å². The van der Waals surface area contributed by atoms with Gasteiger partial charge in [0.2, 0.25) is 5.88 Å². The van der Waals surface area contributed by atoms with Gasteiger partial charge >= 0.3 is 0 Å². The average molecular weight is 546 g/mol. The Hall–Kier alpha value is -3.78. The number of carbonyl (C=O) groups is 1. The number of carbonyl (C=O) groups excluding carboxylic acids is 1. The maximum atomic E-state index is 12.9. The van der Waals surface area contributed by atoms with Gasteiger partial charge in [0, 0.05) is 37.4 Å². The predicted octanol–water partition coefficient (Wildman–Crippen LogP) is 5.71. The number of para-hydroxylation sites is 4. The van der Waals surface area contributed by atoms with Crippen molar-refractivity contribution in [2.24, 2.45) is 0 Å². The number of pyridine rings is 1. The maximum absolute atomic E-state index is 12.9. The minimum atomic E-state index is 0.00851. The van der Waals surface area contributed by atoms with Gasteiger partial charge in [-0.15, -0.1) is 0 Å². The third-order valence-corrected chi connectivity index (χ3v) is 7.63. The van der Waals surface area contributed by atoms with Crippen molar-refractivity contribution in [3.8, 4) is 28.9 Å². The lowest BCUT2D eigenvalue weighted by atomic mass is 10.0. The molecule has 0 unspecified atom stereocenters. The normalized spacial score (nSPS) is 17.4. The first-order valence-corrected chi connectivity index (χ1v) is 14.3. The largest absolute Gasteiger partial charge is 0.493 e. The Balaban J connectivity index is 1.23. The average Bonchev–Trinajstić information content (AvgIpc) is 3.00. The summed E-state index contributed by atoms with van der Waals surface area (Å²) in [5.41, 5.74) is 1.05. The van der Waals surface area contributed by atoms with Gasteiger partial charge in [0.1, 0.15) is 0 Å². The van der Waals surface area contributed by atoms with Gasteiger partial charge < -0.3 is 23.8 Å². The number of rotatable bonds is 5. The first-order chi connectivity index (χ1) is 19.7. The summed E-state index contributed by atoms with van der Waals surface area (Å²) in [7, 11) is 1.60. The highest BCUT2D eigenvalue weighted by atomic mass is 16.5. The second-order valence-corrected chi connectivity index (χ2v) is 10.3. The number of fused-ring (bicyclic) bond motifs is 2. The summed E-state index contributed by atoms with van der Waals surface area (Å²) in [5.74, 6) is 3.28. The van der Waals surface area contributed by atoms with Crippen LogP contribution in [0.1, 0.15) is 44.1 Å². The van der Waals surface area contributed by atoms with Gasteiger partial charge in [-0.1, -0.05) is 43.2 Å². The number of amides is 1. The molecule has 1 saturated heterocycles. The molecule has 1 fully saturated rings. The maximum Gasteiger partial charge on any atom is 0.260 e. The minimum absolute atomic E-state index is 0.00851. The SMILES string of the molecule is COc1ccccc1OCC(=O)N1CCC(N2CCCCCCOc3ccccc3Oc3ncccc3C2)CC1. The standard InChI is InChI=1S/C32H39N3O5/c1-37-27-12-4-5-13-28(27)39-24-31(36)34-20-16-26(17-21-34)35-19-8-2-3-9-22-38-29-14-6-7-15-30(29)40-32-25(23-35)11-10-18-33-32/h4-7,10-15,18,26H,2-3,8-9,16-17,19-24H2,1H3. The van der Waals surface area contributed by atoms with Gasteiger partial charge in [-0.2, -0.15) is 0 Å². The van der Waals surface area contributed by atoms with Crippen LogP contribution in [0.25, 0.3) is 0 Å². The summed E-state index contributed by atoms with van der Waals surface area (Å²) in [6, 6.07) is 19.7. The number of hydrogen-bond donors (Lipinski definition) is 0. The van der Waals surface area contributed by atoms with Gasteiger partial charge in [-0.05, 0) is 62.6 Å². The van der Waals surface area contributed by atoms with E-state index in [-0.39, 0.29) is 12.5 Å². The zero-order valence-corrected chi connectivity index (χ0v) is 23.3. The molecule has 0 N–H and O–H groups in total. The number of benzene rings is 2. The van der Waals surface area contributed by atoms with E-state index in [1.54, 1.807) is 13.3 Å². The Kier molecular flexibility index (Phi) is 9.74. The molecule has 0 bridgehead atoms. The summed E-state index contributed by atoms with van der Waals surface area (Å²) in [4.78, 5) is 22.0. The van der Waals surface area contributed by atoms with Crippen LogP contribution in [-0.4, -0.2) is 66.7 Å².